The molecule has 4 rings (SSSR count). The van der Waals surface area contributed by atoms with Crippen LogP contribution in [-0.2, 0) is 14.8 Å². The Balaban J connectivity index is 1.61. The van der Waals surface area contributed by atoms with E-state index in [1.807, 2.05) is 24.4 Å². The summed E-state index contributed by atoms with van der Waals surface area (Å²) in [5.74, 6) is 0.843. The number of hydrogen-bond donors (Lipinski definition) is 1. The molecule has 1 amide bonds. The summed E-state index contributed by atoms with van der Waals surface area (Å²) in [5.41, 5.74) is 5.59. The number of halogens is 2. The zero-order valence-electron chi connectivity index (χ0n) is 20.6. The summed E-state index contributed by atoms with van der Waals surface area (Å²) in [6.45, 7) is 1.65. The van der Waals surface area contributed by atoms with Crippen LogP contribution in [0.25, 0.3) is 11.6 Å². The van der Waals surface area contributed by atoms with E-state index in [9.17, 15) is 13.2 Å². The fourth-order valence-corrected chi connectivity index (χ4v) is 6.54. The Morgan fingerprint density at radius 2 is 1.97 bits per heavy atom. The summed E-state index contributed by atoms with van der Waals surface area (Å²) in [5, 5.41) is 3.67. The molecular weight excluding hydrogens is 517 g/mol. The Kier molecular flexibility index (Phi) is 9.10. The summed E-state index contributed by atoms with van der Waals surface area (Å²) in [6.07, 6.45) is 9.61. The van der Waals surface area contributed by atoms with E-state index < -0.39 is 10.0 Å². The number of aromatic nitrogens is 1. The molecule has 1 saturated heterocycles. The maximum Gasteiger partial charge on any atom is 0.220 e. The summed E-state index contributed by atoms with van der Waals surface area (Å²) < 4.78 is 25.7. The summed E-state index contributed by atoms with van der Waals surface area (Å²) >= 11 is 12.1. The highest BCUT2D eigenvalue weighted by molar-refractivity contribution is 7.88. The SMILES string of the molecule is CS(=O)(=O)N1CCC(C2c3ccc(Cl)cc3C=C(CCCNC(=O)CCCCl)c3cccnc32)CC1. The van der Waals surface area contributed by atoms with Gasteiger partial charge in [-0.05, 0) is 78.5 Å². The number of hydrogen-bond acceptors (Lipinski definition) is 4. The monoisotopic (exact) mass is 549 g/mol. The maximum absolute atomic E-state index is 12.1. The van der Waals surface area contributed by atoms with Crippen molar-refractivity contribution >= 4 is 50.8 Å². The number of fused-ring (bicyclic) bond motifs is 2. The van der Waals surface area contributed by atoms with Crippen LogP contribution in [0.5, 0.6) is 0 Å². The molecule has 1 unspecified atom stereocenters. The fraction of sp³-hybridized carbons (Fsp3) is 0.481. The maximum atomic E-state index is 12.1. The minimum Gasteiger partial charge on any atom is -0.356 e. The highest BCUT2D eigenvalue weighted by atomic mass is 35.5. The Morgan fingerprint density at radius 3 is 2.69 bits per heavy atom. The van der Waals surface area contributed by atoms with Gasteiger partial charge in [0.05, 0.1) is 11.9 Å². The van der Waals surface area contributed by atoms with Crippen LogP contribution in [0.15, 0.2) is 36.5 Å². The number of allylic oxidation sites excluding steroid dienone is 1. The van der Waals surface area contributed by atoms with E-state index in [4.69, 9.17) is 28.2 Å². The molecule has 0 spiro atoms. The number of nitrogens with zero attached hydrogens (tertiary/aromatic N) is 2. The van der Waals surface area contributed by atoms with E-state index in [0.717, 1.165) is 42.5 Å². The van der Waals surface area contributed by atoms with Crippen LogP contribution in [0.1, 0.15) is 66.8 Å². The Bertz CT molecular complexity index is 1220. The molecule has 1 aliphatic heterocycles. The van der Waals surface area contributed by atoms with Crippen LogP contribution in [0, 0.1) is 5.92 Å². The van der Waals surface area contributed by atoms with E-state index in [0.29, 0.717) is 43.4 Å². The lowest BCUT2D eigenvalue weighted by atomic mass is 9.76. The molecule has 194 valence electrons. The molecule has 2 heterocycles. The number of pyridine rings is 1. The number of carbonyl (C=O) groups excluding carboxylic acids is 1. The van der Waals surface area contributed by atoms with Gasteiger partial charge in [-0.15, -0.1) is 11.6 Å². The lowest BCUT2D eigenvalue weighted by Gasteiger charge is -2.35. The van der Waals surface area contributed by atoms with Crippen molar-refractivity contribution in [3.63, 3.8) is 0 Å². The third-order valence-electron chi connectivity index (χ3n) is 7.11. The number of sulfonamides is 1. The van der Waals surface area contributed by atoms with Gasteiger partial charge in [-0.25, -0.2) is 12.7 Å². The smallest absolute Gasteiger partial charge is 0.220 e. The Morgan fingerprint density at radius 1 is 1.19 bits per heavy atom. The number of alkyl halides is 1. The number of benzene rings is 1. The number of carbonyl (C=O) groups is 1. The van der Waals surface area contributed by atoms with Crippen LogP contribution < -0.4 is 5.32 Å². The minimum atomic E-state index is -3.19. The number of piperidine rings is 1. The first kappa shape index (κ1) is 27.1. The normalized spacial score (nSPS) is 18.6. The Labute approximate surface area is 224 Å². The topological polar surface area (TPSA) is 79.4 Å². The average Bonchev–Trinajstić information content (AvgIpc) is 2.99. The second-order valence-corrected chi connectivity index (χ2v) is 12.4. The number of rotatable bonds is 9. The zero-order chi connectivity index (χ0) is 25.7. The van der Waals surface area contributed by atoms with Gasteiger partial charge in [0.25, 0.3) is 0 Å². The molecule has 0 bridgehead atoms. The van der Waals surface area contributed by atoms with E-state index in [2.05, 4.69) is 23.5 Å². The third kappa shape index (κ3) is 6.49. The van der Waals surface area contributed by atoms with Crippen molar-refractivity contribution < 1.29 is 13.2 Å². The molecule has 1 fully saturated rings. The Hall–Kier alpha value is -1.93. The zero-order valence-corrected chi connectivity index (χ0v) is 22.9. The molecule has 1 atom stereocenters. The molecule has 1 aliphatic carbocycles. The average molecular weight is 551 g/mol. The molecule has 0 radical (unpaired) electrons. The van der Waals surface area contributed by atoms with Gasteiger partial charge in [-0.2, -0.15) is 0 Å². The molecule has 1 N–H and O–H groups in total. The van der Waals surface area contributed by atoms with Crippen molar-refractivity contribution in [3.05, 3.63) is 63.9 Å². The minimum absolute atomic E-state index is 0.0326. The molecular formula is C27H33Cl2N3O3S. The summed E-state index contributed by atoms with van der Waals surface area (Å²) in [7, 11) is -3.19. The second kappa shape index (κ2) is 12.1. The van der Waals surface area contributed by atoms with Gasteiger partial charge < -0.3 is 5.32 Å². The van der Waals surface area contributed by atoms with Gasteiger partial charge in [0.1, 0.15) is 0 Å². The lowest BCUT2D eigenvalue weighted by Crippen LogP contribution is -2.39. The lowest BCUT2D eigenvalue weighted by molar-refractivity contribution is -0.121. The number of amides is 1. The summed E-state index contributed by atoms with van der Waals surface area (Å²) in [4.78, 5) is 16.8. The van der Waals surface area contributed by atoms with Crippen molar-refractivity contribution in [3.8, 4) is 0 Å². The largest absolute Gasteiger partial charge is 0.356 e. The van der Waals surface area contributed by atoms with Gasteiger partial charge in [0.15, 0.2) is 0 Å². The predicted octanol–water partition coefficient (Wildman–Crippen LogP) is 5.31. The van der Waals surface area contributed by atoms with Crippen molar-refractivity contribution in [1.29, 1.82) is 0 Å². The van der Waals surface area contributed by atoms with Crippen LogP contribution in [0.4, 0.5) is 0 Å². The van der Waals surface area contributed by atoms with E-state index in [-0.39, 0.29) is 17.7 Å². The number of nitrogens with one attached hydrogen (secondary N) is 1. The molecule has 36 heavy (non-hydrogen) atoms. The van der Waals surface area contributed by atoms with Crippen molar-refractivity contribution in [2.24, 2.45) is 5.92 Å². The van der Waals surface area contributed by atoms with Crippen LogP contribution >= 0.6 is 23.2 Å². The van der Waals surface area contributed by atoms with Crippen LogP contribution in [-0.4, -0.2) is 55.4 Å². The van der Waals surface area contributed by atoms with Crippen molar-refractivity contribution in [2.75, 3.05) is 31.8 Å². The molecule has 0 saturated carbocycles. The second-order valence-electron chi connectivity index (χ2n) is 9.60. The predicted molar refractivity (Wildman–Crippen MR) is 147 cm³/mol. The fourth-order valence-electron chi connectivity index (χ4n) is 5.35. The third-order valence-corrected chi connectivity index (χ3v) is 8.92. The molecule has 2 aromatic rings. The first-order valence-corrected chi connectivity index (χ1v) is 15.3. The standard InChI is InChI=1S/C27H33Cl2N3O3S/c1-36(34,35)32-15-10-19(11-16-32)26-23-9-8-22(29)18-21(23)17-20(24-6-4-14-31-27(24)26)5-3-13-30-25(33)7-2-12-28/h4,6,8-9,14,17-19,26H,2-3,5,7,10-13,15-16H2,1H3,(H,30,33). The van der Waals surface area contributed by atoms with Crippen LogP contribution in [0.2, 0.25) is 5.02 Å². The van der Waals surface area contributed by atoms with Gasteiger partial charge in [-0.1, -0.05) is 29.8 Å². The highest BCUT2D eigenvalue weighted by Gasteiger charge is 2.35. The first-order valence-electron chi connectivity index (χ1n) is 12.5. The molecule has 1 aromatic carbocycles. The van der Waals surface area contributed by atoms with Crippen molar-refractivity contribution in [1.82, 2.24) is 14.6 Å². The van der Waals surface area contributed by atoms with Crippen molar-refractivity contribution in [2.45, 2.75) is 44.4 Å². The van der Waals surface area contributed by atoms with Gasteiger partial charge in [-0.3, -0.25) is 9.78 Å². The molecule has 2 aliphatic rings. The highest BCUT2D eigenvalue weighted by Crippen LogP contribution is 2.45. The van der Waals surface area contributed by atoms with Gasteiger partial charge in [0.2, 0.25) is 15.9 Å². The van der Waals surface area contributed by atoms with E-state index in [1.54, 1.807) is 4.31 Å². The van der Waals surface area contributed by atoms with E-state index in [1.165, 1.54) is 17.4 Å². The van der Waals surface area contributed by atoms with Gasteiger partial charge >= 0.3 is 0 Å². The molecule has 9 heteroatoms. The molecule has 6 nitrogen and oxygen atoms in total. The summed E-state index contributed by atoms with van der Waals surface area (Å²) in [6, 6.07) is 10.1. The first-order chi connectivity index (χ1) is 17.3. The quantitative estimate of drug-likeness (QED) is 0.339. The molecule has 1 aromatic heterocycles. The van der Waals surface area contributed by atoms with Crippen LogP contribution in [0.3, 0.4) is 0 Å². The van der Waals surface area contributed by atoms with Gasteiger partial charge in [0, 0.05) is 49.1 Å². The van der Waals surface area contributed by atoms with E-state index >= 15 is 0 Å².